The molecule has 3 heteroatoms. The van der Waals surface area contributed by atoms with Crippen molar-refractivity contribution in [3.63, 3.8) is 0 Å². The standard InChI is InChI=1S/C11H24N2O/c1-4-6-11(7-5-2)13-9-8-12-10(3)14/h11,13H,4-9H2,1-3H3,(H,12,14). The zero-order valence-electron chi connectivity index (χ0n) is 9.73. The first-order chi connectivity index (χ1) is 6.70. The average Bonchev–Trinajstić information content (AvgIpc) is 2.12. The summed E-state index contributed by atoms with van der Waals surface area (Å²) in [6.45, 7) is 7.58. The molecule has 0 heterocycles. The second-order valence-corrected chi connectivity index (χ2v) is 3.71. The van der Waals surface area contributed by atoms with Gasteiger partial charge in [0.1, 0.15) is 0 Å². The number of carbonyl (C=O) groups excluding carboxylic acids is 1. The number of hydrogen-bond acceptors (Lipinski definition) is 2. The van der Waals surface area contributed by atoms with Crippen molar-refractivity contribution in [3.05, 3.63) is 0 Å². The maximum atomic E-state index is 10.6. The average molecular weight is 200 g/mol. The van der Waals surface area contributed by atoms with Gasteiger partial charge in [0.05, 0.1) is 0 Å². The molecule has 2 N–H and O–H groups in total. The molecule has 0 aliphatic heterocycles. The molecule has 0 aromatic carbocycles. The van der Waals surface area contributed by atoms with Gasteiger partial charge in [0.15, 0.2) is 0 Å². The minimum absolute atomic E-state index is 0.0503. The van der Waals surface area contributed by atoms with Gasteiger partial charge >= 0.3 is 0 Å². The lowest BCUT2D eigenvalue weighted by molar-refractivity contribution is -0.118. The van der Waals surface area contributed by atoms with E-state index in [1.54, 1.807) is 6.92 Å². The Morgan fingerprint density at radius 2 is 1.71 bits per heavy atom. The van der Waals surface area contributed by atoms with Crippen molar-refractivity contribution in [1.29, 1.82) is 0 Å². The van der Waals surface area contributed by atoms with Crippen LogP contribution in [0.3, 0.4) is 0 Å². The summed E-state index contributed by atoms with van der Waals surface area (Å²) in [5.74, 6) is 0.0503. The summed E-state index contributed by atoms with van der Waals surface area (Å²) in [5, 5.41) is 6.25. The fourth-order valence-corrected chi connectivity index (χ4v) is 1.56. The van der Waals surface area contributed by atoms with Gasteiger partial charge in [-0.3, -0.25) is 4.79 Å². The minimum Gasteiger partial charge on any atom is -0.355 e. The summed E-state index contributed by atoms with van der Waals surface area (Å²) >= 11 is 0. The molecule has 84 valence electrons. The van der Waals surface area contributed by atoms with Crippen molar-refractivity contribution < 1.29 is 4.79 Å². The maximum Gasteiger partial charge on any atom is 0.216 e. The first-order valence-corrected chi connectivity index (χ1v) is 5.68. The molecule has 0 radical (unpaired) electrons. The van der Waals surface area contributed by atoms with E-state index in [2.05, 4.69) is 24.5 Å². The van der Waals surface area contributed by atoms with Crippen LogP contribution < -0.4 is 10.6 Å². The zero-order chi connectivity index (χ0) is 10.8. The highest BCUT2D eigenvalue weighted by atomic mass is 16.1. The fraction of sp³-hybridized carbons (Fsp3) is 0.909. The van der Waals surface area contributed by atoms with Crippen molar-refractivity contribution in [1.82, 2.24) is 10.6 Å². The number of rotatable bonds is 8. The third-order valence-corrected chi connectivity index (χ3v) is 2.21. The van der Waals surface area contributed by atoms with Crippen LogP contribution in [0, 0.1) is 0 Å². The fourth-order valence-electron chi connectivity index (χ4n) is 1.56. The van der Waals surface area contributed by atoms with E-state index in [-0.39, 0.29) is 5.91 Å². The molecule has 0 fully saturated rings. The molecule has 0 saturated carbocycles. The highest BCUT2D eigenvalue weighted by molar-refractivity contribution is 5.72. The Hall–Kier alpha value is -0.570. The van der Waals surface area contributed by atoms with Gasteiger partial charge in [0, 0.05) is 26.1 Å². The van der Waals surface area contributed by atoms with E-state index in [1.807, 2.05) is 0 Å². The summed E-state index contributed by atoms with van der Waals surface area (Å²) in [6, 6.07) is 0.624. The minimum atomic E-state index is 0.0503. The molecule has 3 nitrogen and oxygen atoms in total. The number of amides is 1. The van der Waals surface area contributed by atoms with Gasteiger partial charge in [0.2, 0.25) is 5.91 Å². The first kappa shape index (κ1) is 13.4. The van der Waals surface area contributed by atoms with Crippen LogP contribution in [0.5, 0.6) is 0 Å². The predicted molar refractivity (Wildman–Crippen MR) is 60.3 cm³/mol. The Balaban J connectivity index is 3.44. The summed E-state index contributed by atoms with van der Waals surface area (Å²) < 4.78 is 0. The van der Waals surface area contributed by atoms with Crippen LogP contribution in [0.1, 0.15) is 46.5 Å². The smallest absolute Gasteiger partial charge is 0.216 e. The quantitative estimate of drug-likeness (QED) is 0.585. The van der Waals surface area contributed by atoms with Crippen molar-refractivity contribution in [2.75, 3.05) is 13.1 Å². The van der Waals surface area contributed by atoms with Gasteiger partial charge in [-0.05, 0) is 12.8 Å². The van der Waals surface area contributed by atoms with Crippen LogP contribution in [-0.4, -0.2) is 25.0 Å². The summed E-state index contributed by atoms with van der Waals surface area (Å²) in [6.07, 6.45) is 4.90. The van der Waals surface area contributed by atoms with Crippen molar-refractivity contribution in [2.24, 2.45) is 0 Å². The molecule has 0 aromatic rings. The number of hydrogen-bond donors (Lipinski definition) is 2. The zero-order valence-corrected chi connectivity index (χ0v) is 9.73. The van der Waals surface area contributed by atoms with E-state index in [4.69, 9.17) is 0 Å². The van der Waals surface area contributed by atoms with Crippen LogP contribution in [-0.2, 0) is 4.79 Å². The van der Waals surface area contributed by atoms with Gasteiger partial charge in [-0.2, -0.15) is 0 Å². The van der Waals surface area contributed by atoms with Gasteiger partial charge in [-0.15, -0.1) is 0 Å². The van der Waals surface area contributed by atoms with Crippen LogP contribution in [0.4, 0.5) is 0 Å². The largest absolute Gasteiger partial charge is 0.355 e. The van der Waals surface area contributed by atoms with E-state index in [9.17, 15) is 4.79 Å². The first-order valence-electron chi connectivity index (χ1n) is 5.68. The highest BCUT2D eigenvalue weighted by Gasteiger charge is 2.04. The van der Waals surface area contributed by atoms with Crippen LogP contribution in [0.15, 0.2) is 0 Å². The van der Waals surface area contributed by atoms with Crippen LogP contribution in [0.25, 0.3) is 0 Å². The second-order valence-electron chi connectivity index (χ2n) is 3.71. The molecule has 0 aliphatic carbocycles. The Morgan fingerprint density at radius 3 is 2.14 bits per heavy atom. The SMILES string of the molecule is CCCC(CCC)NCCNC(C)=O. The summed E-state index contributed by atoms with van der Waals surface area (Å²) in [5.41, 5.74) is 0. The van der Waals surface area contributed by atoms with Crippen LogP contribution >= 0.6 is 0 Å². The molecular weight excluding hydrogens is 176 g/mol. The Kier molecular flexibility index (Phi) is 8.64. The van der Waals surface area contributed by atoms with E-state index in [1.165, 1.54) is 25.7 Å². The van der Waals surface area contributed by atoms with Crippen molar-refractivity contribution in [2.45, 2.75) is 52.5 Å². The van der Waals surface area contributed by atoms with Crippen LogP contribution in [0.2, 0.25) is 0 Å². The molecule has 14 heavy (non-hydrogen) atoms. The van der Waals surface area contributed by atoms with Gasteiger partial charge in [-0.25, -0.2) is 0 Å². The molecular formula is C11H24N2O. The monoisotopic (exact) mass is 200 g/mol. The number of carbonyl (C=O) groups is 1. The molecule has 0 spiro atoms. The Bertz CT molecular complexity index is 142. The third kappa shape index (κ3) is 8.05. The van der Waals surface area contributed by atoms with Gasteiger partial charge in [0.25, 0.3) is 0 Å². The van der Waals surface area contributed by atoms with Gasteiger partial charge < -0.3 is 10.6 Å². The predicted octanol–water partition coefficient (Wildman–Crippen LogP) is 1.68. The molecule has 0 aromatic heterocycles. The molecule has 0 saturated heterocycles. The van der Waals surface area contributed by atoms with Crippen molar-refractivity contribution >= 4 is 5.91 Å². The molecule has 0 aliphatic rings. The van der Waals surface area contributed by atoms with E-state index in [0.717, 1.165) is 13.1 Å². The lowest BCUT2D eigenvalue weighted by Gasteiger charge is -2.17. The van der Waals surface area contributed by atoms with E-state index in [0.29, 0.717) is 6.04 Å². The highest BCUT2D eigenvalue weighted by Crippen LogP contribution is 2.03. The maximum absolute atomic E-state index is 10.6. The lowest BCUT2D eigenvalue weighted by Crippen LogP contribution is -2.36. The van der Waals surface area contributed by atoms with E-state index >= 15 is 0 Å². The molecule has 0 bridgehead atoms. The Morgan fingerprint density at radius 1 is 1.14 bits per heavy atom. The summed E-state index contributed by atoms with van der Waals surface area (Å²) in [4.78, 5) is 10.6. The Labute approximate surface area is 87.6 Å². The van der Waals surface area contributed by atoms with Gasteiger partial charge in [-0.1, -0.05) is 26.7 Å². The van der Waals surface area contributed by atoms with E-state index < -0.39 is 0 Å². The molecule has 0 atom stereocenters. The second kappa shape index (κ2) is 9.00. The summed E-state index contributed by atoms with van der Waals surface area (Å²) in [7, 11) is 0. The molecule has 0 unspecified atom stereocenters. The van der Waals surface area contributed by atoms with Crippen molar-refractivity contribution in [3.8, 4) is 0 Å². The number of nitrogens with one attached hydrogen (secondary N) is 2. The third-order valence-electron chi connectivity index (χ3n) is 2.21. The normalized spacial score (nSPS) is 10.6. The molecule has 0 rings (SSSR count). The molecule has 1 amide bonds. The lowest BCUT2D eigenvalue weighted by atomic mass is 10.1. The topological polar surface area (TPSA) is 41.1 Å².